The predicted molar refractivity (Wildman–Crippen MR) is 105 cm³/mol. The molecule has 0 spiro atoms. The van der Waals surface area contributed by atoms with Gasteiger partial charge in [-0.3, -0.25) is 9.59 Å². The van der Waals surface area contributed by atoms with Gasteiger partial charge in [0.15, 0.2) is 0 Å². The molecular weight excluding hydrogens is 328 g/mol. The Kier molecular flexibility index (Phi) is 6.49. The molecule has 0 unspecified atom stereocenters. The Morgan fingerprint density at radius 1 is 1.00 bits per heavy atom. The Balaban J connectivity index is 1.81. The van der Waals surface area contributed by atoms with E-state index in [-0.39, 0.29) is 24.7 Å². The third-order valence-electron chi connectivity index (χ3n) is 3.91. The van der Waals surface area contributed by atoms with Crippen molar-refractivity contribution in [3.05, 3.63) is 59.2 Å². The highest BCUT2D eigenvalue weighted by Gasteiger charge is 2.08. The molecule has 0 heterocycles. The molecule has 0 fully saturated rings. The van der Waals surface area contributed by atoms with Crippen LogP contribution < -0.4 is 16.5 Å². The molecule has 2 amide bonds. The van der Waals surface area contributed by atoms with Crippen LogP contribution in [-0.4, -0.2) is 17.5 Å². The van der Waals surface area contributed by atoms with E-state index < -0.39 is 0 Å². The number of carbonyl (C=O) groups excluding carboxylic acids is 2. The van der Waals surface area contributed by atoms with E-state index in [4.69, 9.17) is 5.73 Å². The minimum Gasteiger partial charge on any atom is -0.399 e. The van der Waals surface area contributed by atoms with Gasteiger partial charge in [0, 0.05) is 24.2 Å². The second-order valence-electron chi connectivity index (χ2n) is 6.22. The summed E-state index contributed by atoms with van der Waals surface area (Å²) in [5.41, 5.74) is 13.2. The van der Waals surface area contributed by atoms with Crippen molar-refractivity contribution in [3.63, 3.8) is 0 Å². The van der Waals surface area contributed by atoms with Gasteiger partial charge >= 0.3 is 0 Å². The van der Waals surface area contributed by atoms with E-state index in [0.717, 1.165) is 22.4 Å². The molecule has 0 aromatic heterocycles. The van der Waals surface area contributed by atoms with E-state index in [1.54, 1.807) is 19.1 Å². The highest BCUT2D eigenvalue weighted by atomic mass is 16.2. The van der Waals surface area contributed by atoms with Crippen molar-refractivity contribution >= 4 is 28.9 Å². The summed E-state index contributed by atoms with van der Waals surface area (Å²) in [6.45, 7) is 5.72. The van der Waals surface area contributed by atoms with Crippen LogP contribution >= 0.6 is 0 Å². The van der Waals surface area contributed by atoms with Crippen molar-refractivity contribution in [2.45, 2.75) is 33.6 Å². The zero-order valence-corrected chi connectivity index (χ0v) is 15.3. The number of hydrogen-bond acceptors (Lipinski definition) is 4. The number of aryl methyl sites for hydroxylation is 2. The normalized spacial score (nSPS) is 11.1. The van der Waals surface area contributed by atoms with Gasteiger partial charge in [-0.1, -0.05) is 29.8 Å². The summed E-state index contributed by atoms with van der Waals surface area (Å²) < 4.78 is 0. The minimum absolute atomic E-state index is 0.0647. The molecule has 4 N–H and O–H groups in total. The summed E-state index contributed by atoms with van der Waals surface area (Å²) in [7, 11) is 0. The van der Waals surface area contributed by atoms with Gasteiger partial charge < -0.3 is 11.1 Å². The van der Waals surface area contributed by atoms with Gasteiger partial charge in [0.1, 0.15) is 0 Å². The fourth-order valence-corrected chi connectivity index (χ4v) is 2.38. The lowest BCUT2D eigenvalue weighted by Gasteiger charge is -2.09. The maximum atomic E-state index is 12.0. The minimum atomic E-state index is -0.310. The number of anilines is 2. The summed E-state index contributed by atoms with van der Waals surface area (Å²) in [5.74, 6) is -0.512. The highest BCUT2D eigenvalue weighted by Crippen LogP contribution is 2.16. The fourth-order valence-electron chi connectivity index (χ4n) is 2.38. The van der Waals surface area contributed by atoms with E-state index in [2.05, 4.69) is 15.8 Å². The van der Waals surface area contributed by atoms with Crippen molar-refractivity contribution in [1.29, 1.82) is 0 Å². The molecule has 0 aliphatic carbocycles. The average Bonchev–Trinajstić information content (AvgIpc) is 2.61. The van der Waals surface area contributed by atoms with Crippen LogP contribution in [-0.2, 0) is 9.59 Å². The van der Waals surface area contributed by atoms with Gasteiger partial charge in [0.25, 0.3) is 0 Å². The van der Waals surface area contributed by atoms with Crippen LogP contribution in [0.1, 0.15) is 36.5 Å². The van der Waals surface area contributed by atoms with E-state index >= 15 is 0 Å². The maximum Gasteiger partial charge on any atom is 0.240 e. The molecule has 2 aromatic carbocycles. The maximum absolute atomic E-state index is 12.0. The van der Waals surface area contributed by atoms with Crippen LogP contribution in [0.2, 0.25) is 0 Å². The van der Waals surface area contributed by atoms with Crippen LogP contribution in [0.5, 0.6) is 0 Å². The van der Waals surface area contributed by atoms with Gasteiger partial charge in [0.05, 0.1) is 5.71 Å². The first-order chi connectivity index (χ1) is 12.3. The third kappa shape index (κ3) is 5.73. The number of rotatable bonds is 6. The van der Waals surface area contributed by atoms with Crippen LogP contribution in [0.4, 0.5) is 11.4 Å². The molecule has 0 aliphatic rings. The summed E-state index contributed by atoms with van der Waals surface area (Å²) in [6.07, 6.45) is 0.158. The smallest absolute Gasteiger partial charge is 0.240 e. The number of carbonyl (C=O) groups is 2. The van der Waals surface area contributed by atoms with Gasteiger partial charge in [-0.2, -0.15) is 5.10 Å². The van der Waals surface area contributed by atoms with E-state index in [1.165, 1.54) is 0 Å². The first-order valence-corrected chi connectivity index (χ1v) is 8.41. The second kappa shape index (κ2) is 8.80. The molecule has 0 radical (unpaired) electrons. The second-order valence-corrected chi connectivity index (χ2v) is 6.22. The van der Waals surface area contributed by atoms with Gasteiger partial charge in [-0.25, -0.2) is 5.43 Å². The molecule has 26 heavy (non-hydrogen) atoms. The van der Waals surface area contributed by atoms with Crippen molar-refractivity contribution in [3.8, 4) is 0 Å². The first-order valence-electron chi connectivity index (χ1n) is 8.41. The molecule has 0 saturated carbocycles. The first kappa shape index (κ1) is 19.2. The largest absolute Gasteiger partial charge is 0.399 e. The van der Waals surface area contributed by atoms with Crippen molar-refractivity contribution in [1.82, 2.24) is 5.43 Å². The molecule has 6 heteroatoms. The van der Waals surface area contributed by atoms with Crippen LogP contribution in [0.3, 0.4) is 0 Å². The molecule has 0 saturated heterocycles. The van der Waals surface area contributed by atoms with Crippen LogP contribution in [0.25, 0.3) is 0 Å². The topological polar surface area (TPSA) is 96.6 Å². The monoisotopic (exact) mass is 352 g/mol. The molecule has 2 aromatic rings. The summed E-state index contributed by atoms with van der Waals surface area (Å²) in [6, 6.07) is 13.0. The fraction of sp³-hybridized carbons (Fsp3) is 0.250. The predicted octanol–water partition coefficient (Wildman–Crippen LogP) is 3.14. The number of nitrogens with zero attached hydrogens (tertiary/aromatic N) is 1. The Morgan fingerprint density at radius 2 is 1.65 bits per heavy atom. The van der Waals surface area contributed by atoms with E-state index in [9.17, 15) is 9.59 Å². The van der Waals surface area contributed by atoms with Crippen molar-refractivity contribution < 1.29 is 9.59 Å². The van der Waals surface area contributed by atoms with Gasteiger partial charge in [0.2, 0.25) is 11.8 Å². The number of amides is 2. The molecule has 0 aliphatic heterocycles. The number of nitrogens with two attached hydrogens (primary N) is 1. The lowest BCUT2D eigenvalue weighted by atomic mass is 10.1. The SMILES string of the molecule is C/C(=N\NC(=O)CCC(=O)Nc1ccc(C)cc1C)c1ccc(N)cc1. The Hall–Kier alpha value is -3.15. The number of benzene rings is 2. The van der Waals surface area contributed by atoms with E-state index in [0.29, 0.717) is 11.4 Å². The third-order valence-corrected chi connectivity index (χ3v) is 3.91. The molecule has 0 atom stereocenters. The summed E-state index contributed by atoms with van der Waals surface area (Å²) in [5, 5.41) is 6.88. The van der Waals surface area contributed by atoms with Gasteiger partial charge in [-0.15, -0.1) is 0 Å². The number of nitrogen functional groups attached to an aromatic ring is 1. The summed E-state index contributed by atoms with van der Waals surface area (Å²) in [4.78, 5) is 23.9. The summed E-state index contributed by atoms with van der Waals surface area (Å²) >= 11 is 0. The standard InChI is InChI=1S/C20H24N4O2/c1-13-4-9-18(14(2)12-13)22-19(25)10-11-20(26)24-23-15(3)16-5-7-17(21)8-6-16/h4-9,12H,10-11,21H2,1-3H3,(H,22,25)(H,24,26)/b23-15+. The van der Waals surface area contributed by atoms with Crippen molar-refractivity contribution in [2.75, 3.05) is 11.1 Å². The molecule has 6 nitrogen and oxygen atoms in total. The van der Waals surface area contributed by atoms with Crippen LogP contribution in [0.15, 0.2) is 47.6 Å². The Labute approximate surface area is 153 Å². The molecule has 0 bridgehead atoms. The Bertz CT molecular complexity index is 826. The molecular formula is C20H24N4O2. The zero-order valence-electron chi connectivity index (χ0n) is 15.3. The Morgan fingerprint density at radius 3 is 2.31 bits per heavy atom. The highest BCUT2D eigenvalue weighted by molar-refractivity contribution is 5.99. The lowest BCUT2D eigenvalue weighted by molar-refractivity contribution is -0.124. The molecule has 136 valence electrons. The number of hydrazone groups is 1. The lowest BCUT2D eigenvalue weighted by Crippen LogP contribution is -2.22. The quantitative estimate of drug-likeness (QED) is 0.423. The molecule has 2 rings (SSSR count). The zero-order chi connectivity index (χ0) is 19.1. The average molecular weight is 352 g/mol. The number of nitrogens with one attached hydrogen (secondary N) is 2. The van der Waals surface area contributed by atoms with Gasteiger partial charge in [-0.05, 0) is 50.1 Å². The number of hydrogen-bond donors (Lipinski definition) is 3. The van der Waals surface area contributed by atoms with Crippen molar-refractivity contribution in [2.24, 2.45) is 5.10 Å². The van der Waals surface area contributed by atoms with Crippen LogP contribution in [0, 0.1) is 13.8 Å². The van der Waals surface area contributed by atoms with E-state index in [1.807, 2.05) is 44.2 Å².